The Morgan fingerprint density at radius 2 is 2.15 bits per heavy atom. The molecule has 1 aromatic carbocycles. The number of amides is 1. The lowest BCUT2D eigenvalue weighted by atomic mass is 10.1. The second-order valence-corrected chi connectivity index (χ2v) is 4.60. The van der Waals surface area contributed by atoms with Crippen LogP contribution >= 0.6 is 0 Å². The largest absolute Gasteiger partial charge is 0.481 e. The van der Waals surface area contributed by atoms with E-state index in [2.05, 4.69) is 10.1 Å². The van der Waals surface area contributed by atoms with Crippen molar-refractivity contribution in [2.75, 3.05) is 11.4 Å². The van der Waals surface area contributed by atoms with E-state index in [0.29, 0.717) is 5.69 Å². The molecule has 0 spiro atoms. The van der Waals surface area contributed by atoms with Crippen molar-refractivity contribution in [1.29, 1.82) is 0 Å². The van der Waals surface area contributed by atoms with Crippen molar-refractivity contribution in [2.45, 2.75) is 6.42 Å². The molecule has 7 nitrogen and oxygen atoms in total. The zero-order chi connectivity index (χ0) is 14.1. The van der Waals surface area contributed by atoms with E-state index in [0.717, 1.165) is 5.69 Å². The summed E-state index contributed by atoms with van der Waals surface area (Å²) in [5, 5.41) is 13.0. The molecule has 3 rings (SSSR count). The molecule has 0 saturated carbocycles. The third-order valence-corrected chi connectivity index (χ3v) is 3.30. The molecule has 0 aliphatic carbocycles. The van der Waals surface area contributed by atoms with Crippen LogP contribution in [0.15, 0.2) is 36.9 Å². The number of benzene rings is 1. The van der Waals surface area contributed by atoms with Gasteiger partial charge in [0.25, 0.3) is 0 Å². The Balaban J connectivity index is 1.90. The number of aromatic nitrogens is 3. The summed E-state index contributed by atoms with van der Waals surface area (Å²) in [4.78, 5) is 28.3. The van der Waals surface area contributed by atoms with Gasteiger partial charge in [0.1, 0.15) is 12.7 Å². The maximum atomic E-state index is 11.9. The van der Waals surface area contributed by atoms with Crippen LogP contribution in [0, 0.1) is 5.92 Å². The number of carbonyl (C=O) groups excluding carboxylic acids is 1. The van der Waals surface area contributed by atoms with Gasteiger partial charge in [-0.1, -0.05) is 6.07 Å². The van der Waals surface area contributed by atoms with Gasteiger partial charge in [0.15, 0.2) is 0 Å². The maximum Gasteiger partial charge on any atom is 0.308 e. The Bertz CT molecular complexity index is 653. The minimum absolute atomic E-state index is 0.0445. The molecular formula is C13H12N4O3. The maximum absolute atomic E-state index is 11.9. The van der Waals surface area contributed by atoms with Crippen molar-refractivity contribution in [2.24, 2.45) is 5.92 Å². The van der Waals surface area contributed by atoms with Crippen LogP contribution < -0.4 is 4.90 Å². The fourth-order valence-electron chi connectivity index (χ4n) is 2.27. The summed E-state index contributed by atoms with van der Waals surface area (Å²) in [6.45, 7) is 0.203. The van der Waals surface area contributed by atoms with Gasteiger partial charge in [-0.25, -0.2) is 9.67 Å². The van der Waals surface area contributed by atoms with Crippen molar-refractivity contribution in [3.63, 3.8) is 0 Å². The molecule has 0 radical (unpaired) electrons. The standard InChI is InChI=1S/C13H12N4O3/c18-12-4-9(13(19)20)6-16(12)10-2-1-3-11(5-10)17-8-14-7-15-17/h1-3,5,7-9H,4,6H2,(H,19,20). The number of carboxylic acids is 1. The van der Waals surface area contributed by atoms with Crippen LogP contribution in [0.2, 0.25) is 0 Å². The van der Waals surface area contributed by atoms with E-state index >= 15 is 0 Å². The van der Waals surface area contributed by atoms with Gasteiger partial charge < -0.3 is 10.0 Å². The second kappa shape index (κ2) is 4.76. The van der Waals surface area contributed by atoms with Crippen molar-refractivity contribution in [3.8, 4) is 5.69 Å². The van der Waals surface area contributed by atoms with Crippen LogP contribution in [0.3, 0.4) is 0 Å². The Hall–Kier alpha value is -2.70. The molecule has 2 aromatic rings. The first-order valence-corrected chi connectivity index (χ1v) is 6.13. The van der Waals surface area contributed by atoms with Crippen molar-refractivity contribution >= 4 is 17.6 Å². The van der Waals surface area contributed by atoms with E-state index in [-0.39, 0.29) is 18.9 Å². The van der Waals surface area contributed by atoms with Crippen LogP contribution in [0.1, 0.15) is 6.42 Å². The van der Waals surface area contributed by atoms with Crippen LogP contribution in [-0.4, -0.2) is 38.3 Å². The number of hydrogen-bond donors (Lipinski definition) is 1. The molecule has 102 valence electrons. The van der Waals surface area contributed by atoms with E-state index in [4.69, 9.17) is 5.11 Å². The highest BCUT2D eigenvalue weighted by Gasteiger charge is 2.35. The number of anilines is 1. The number of aliphatic carboxylic acids is 1. The molecule has 1 atom stereocenters. The smallest absolute Gasteiger partial charge is 0.308 e. The predicted molar refractivity (Wildman–Crippen MR) is 69.5 cm³/mol. The molecule has 0 bridgehead atoms. The summed E-state index contributed by atoms with van der Waals surface area (Å²) in [5.74, 6) is -1.75. The number of carbonyl (C=O) groups is 2. The molecule has 1 N–H and O–H groups in total. The summed E-state index contributed by atoms with van der Waals surface area (Å²) >= 11 is 0. The highest BCUT2D eigenvalue weighted by molar-refractivity contribution is 5.99. The third-order valence-electron chi connectivity index (χ3n) is 3.30. The van der Waals surface area contributed by atoms with Crippen molar-refractivity contribution in [1.82, 2.24) is 14.8 Å². The summed E-state index contributed by atoms with van der Waals surface area (Å²) in [6.07, 6.45) is 3.03. The fraction of sp³-hybridized carbons (Fsp3) is 0.231. The van der Waals surface area contributed by atoms with Crippen molar-refractivity contribution < 1.29 is 14.7 Å². The average molecular weight is 272 g/mol. The monoisotopic (exact) mass is 272 g/mol. The quantitative estimate of drug-likeness (QED) is 0.888. The van der Waals surface area contributed by atoms with Gasteiger partial charge in [-0.15, -0.1) is 0 Å². The molecule has 1 unspecified atom stereocenters. The fourth-order valence-corrected chi connectivity index (χ4v) is 2.27. The van der Waals surface area contributed by atoms with E-state index in [1.807, 2.05) is 6.07 Å². The molecule has 1 fully saturated rings. The number of hydrogen-bond acceptors (Lipinski definition) is 4. The first kappa shape index (κ1) is 12.3. The average Bonchev–Trinajstić information content (AvgIpc) is 3.08. The summed E-state index contributed by atoms with van der Waals surface area (Å²) in [7, 11) is 0. The molecule has 1 aromatic heterocycles. The minimum atomic E-state index is -0.937. The molecule has 1 aliphatic rings. The van der Waals surface area contributed by atoms with Crippen LogP contribution in [0.5, 0.6) is 0 Å². The molecule has 7 heteroatoms. The summed E-state index contributed by atoms with van der Waals surface area (Å²) in [6, 6.07) is 7.21. The molecule has 20 heavy (non-hydrogen) atoms. The topological polar surface area (TPSA) is 88.3 Å². The Morgan fingerprint density at radius 3 is 2.80 bits per heavy atom. The zero-order valence-corrected chi connectivity index (χ0v) is 10.5. The summed E-state index contributed by atoms with van der Waals surface area (Å²) < 4.78 is 1.58. The SMILES string of the molecule is O=C(O)C1CC(=O)N(c2cccc(-n3cncn3)c2)C1. The Labute approximate surface area is 114 Å². The minimum Gasteiger partial charge on any atom is -0.481 e. The molecule has 1 amide bonds. The number of nitrogens with zero attached hydrogens (tertiary/aromatic N) is 4. The lowest BCUT2D eigenvalue weighted by molar-refractivity contribution is -0.141. The van der Waals surface area contributed by atoms with Crippen molar-refractivity contribution in [3.05, 3.63) is 36.9 Å². The van der Waals surface area contributed by atoms with Gasteiger partial charge in [-0.2, -0.15) is 5.10 Å². The van der Waals surface area contributed by atoms with Gasteiger partial charge in [0.2, 0.25) is 5.91 Å². The zero-order valence-electron chi connectivity index (χ0n) is 10.5. The number of carboxylic acid groups (broad SMARTS) is 1. The van der Waals surface area contributed by atoms with Gasteiger partial charge in [0, 0.05) is 18.7 Å². The van der Waals surface area contributed by atoms with E-state index in [1.54, 1.807) is 29.2 Å². The van der Waals surface area contributed by atoms with Gasteiger partial charge in [-0.05, 0) is 18.2 Å². The molecular weight excluding hydrogens is 260 g/mol. The van der Waals surface area contributed by atoms with Gasteiger partial charge in [0.05, 0.1) is 11.6 Å². The molecule has 2 heterocycles. The van der Waals surface area contributed by atoms with Crippen LogP contribution in [0.25, 0.3) is 5.69 Å². The summed E-state index contributed by atoms with van der Waals surface area (Å²) in [5.41, 5.74) is 1.44. The number of rotatable bonds is 3. The highest BCUT2D eigenvalue weighted by Crippen LogP contribution is 2.26. The Morgan fingerprint density at radius 1 is 1.35 bits per heavy atom. The molecule has 1 saturated heterocycles. The van der Waals surface area contributed by atoms with Gasteiger partial charge >= 0.3 is 5.97 Å². The first-order valence-electron chi connectivity index (χ1n) is 6.13. The van der Waals surface area contributed by atoms with E-state index < -0.39 is 11.9 Å². The molecule has 1 aliphatic heterocycles. The second-order valence-electron chi connectivity index (χ2n) is 4.60. The lowest BCUT2D eigenvalue weighted by Crippen LogP contribution is -2.25. The first-order chi connectivity index (χ1) is 9.65. The predicted octanol–water partition coefficient (Wildman–Crippen LogP) is 0.705. The third kappa shape index (κ3) is 2.13. The van der Waals surface area contributed by atoms with Gasteiger partial charge in [-0.3, -0.25) is 9.59 Å². The van der Waals surface area contributed by atoms with Crippen LogP contribution in [-0.2, 0) is 9.59 Å². The van der Waals surface area contributed by atoms with Crippen LogP contribution in [0.4, 0.5) is 5.69 Å². The highest BCUT2D eigenvalue weighted by atomic mass is 16.4. The normalized spacial score (nSPS) is 18.5. The lowest BCUT2D eigenvalue weighted by Gasteiger charge is -2.17. The van der Waals surface area contributed by atoms with E-state index in [9.17, 15) is 9.59 Å². The van der Waals surface area contributed by atoms with E-state index in [1.165, 1.54) is 11.2 Å². The Kier molecular flexibility index (Phi) is 2.94.